The molecule has 3 N–H and O–H groups in total. The molecule has 0 aliphatic carbocycles. The Hall–Kier alpha value is -1.89. The summed E-state index contributed by atoms with van der Waals surface area (Å²) >= 11 is 0. The van der Waals surface area contributed by atoms with Gasteiger partial charge in [0.15, 0.2) is 5.84 Å². The van der Waals surface area contributed by atoms with Crippen molar-refractivity contribution in [3.63, 3.8) is 0 Å². The van der Waals surface area contributed by atoms with Crippen LogP contribution in [0.15, 0.2) is 11.2 Å². The molecular weight excluding hydrogens is 258 g/mol. The van der Waals surface area contributed by atoms with Crippen molar-refractivity contribution < 1.29 is 9.94 Å². The second-order valence-electron chi connectivity index (χ2n) is 5.21. The van der Waals surface area contributed by atoms with Crippen LogP contribution in [0.5, 0.6) is 0 Å². The van der Waals surface area contributed by atoms with Gasteiger partial charge in [0.25, 0.3) is 0 Å². The summed E-state index contributed by atoms with van der Waals surface area (Å²) in [5, 5.41) is 11.8. The number of nitrogens with zero attached hydrogens (tertiary/aromatic N) is 4. The quantitative estimate of drug-likeness (QED) is 0.369. The molecule has 2 rings (SSSR count). The fourth-order valence-corrected chi connectivity index (χ4v) is 2.10. The first-order chi connectivity index (χ1) is 9.51. The van der Waals surface area contributed by atoms with Crippen LogP contribution in [0.4, 0.5) is 5.82 Å². The van der Waals surface area contributed by atoms with Crippen molar-refractivity contribution >= 4 is 11.7 Å². The Bertz CT molecular complexity index is 504. The van der Waals surface area contributed by atoms with Crippen molar-refractivity contribution in [1.82, 2.24) is 9.97 Å². The summed E-state index contributed by atoms with van der Waals surface area (Å²) in [6, 6.07) is 1.94. The number of aryl methyl sites for hydroxylation is 1. The highest BCUT2D eigenvalue weighted by Crippen LogP contribution is 2.19. The molecule has 7 heteroatoms. The van der Waals surface area contributed by atoms with Gasteiger partial charge in [0.05, 0.1) is 13.2 Å². The van der Waals surface area contributed by atoms with Crippen LogP contribution in [0.3, 0.4) is 0 Å². The summed E-state index contributed by atoms with van der Waals surface area (Å²) in [6.45, 7) is 7.85. The maximum atomic E-state index is 8.74. The van der Waals surface area contributed by atoms with Gasteiger partial charge in [-0.1, -0.05) is 19.0 Å². The highest BCUT2D eigenvalue weighted by Gasteiger charge is 2.25. The number of morpholine rings is 1. The summed E-state index contributed by atoms with van der Waals surface area (Å²) in [7, 11) is 0. The molecule has 1 aliphatic heterocycles. The Morgan fingerprint density at radius 2 is 2.30 bits per heavy atom. The molecule has 0 spiro atoms. The molecular formula is C13H21N5O2. The lowest BCUT2D eigenvalue weighted by molar-refractivity contribution is 0.0803. The van der Waals surface area contributed by atoms with E-state index < -0.39 is 6.10 Å². The van der Waals surface area contributed by atoms with E-state index in [0.29, 0.717) is 13.2 Å². The lowest BCUT2D eigenvalue weighted by Crippen LogP contribution is -2.49. The van der Waals surface area contributed by atoms with Crippen LogP contribution in [0.25, 0.3) is 0 Å². The average molecular weight is 279 g/mol. The molecule has 110 valence electrons. The van der Waals surface area contributed by atoms with Crippen molar-refractivity contribution in [2.75, 3.05) is 24.6 Å². The summed E-state index contributed by atoms with van der Waals surface area (Å²) in [4.78, 5) is 11.1. The number of ether oxygens (including phenoxy) is 1. The molecule has 1 saturated heterocycles. The number of anilines is 1. The molecule has 1 aliphatic rings. The maximum absolute atomic E-state index is 8.74. The Morgan fingerprint density at radius 1 is 1.55 bits per heavy atom. The lowest BCUT2D eigenvalue weighted by Gasteiger charge is -2.33. The number of hydrogen-bond acceptors (Lipinski definition) is 6. The highest BCUT2D eigenvalue weighted by atomic mass is 16.5. The third-order valence-electron chi connectivity index (χ3n) is 3.21. The lowest BCUT2D eigenvalue weighted by atomic mass is 10.2. The predicted molar refractivity (Wildman–Crippen MR) is 76.2 cm³/mol. The third-order valence-corrected chi connectivity index (χ3v) is 3.21. The second kappa shape index (κ2) is 6.04. The summed E-state index contributed by atoms with van der Waals surface area (Å²) in [5.41, 5.74) is 6.55. The van der Waals surface area contributed by atoms with Crippen LogP contribution < -0.4 is 10.6 Å². The third kappa shape index (κ3) is 3.16. The van der Waals surface area contributed by atoms with Crippen LogP contribution >= 0.6 is 0 Å². The molecule has 1 aromatic rings. The van der Waals surface area contributed by atoms with Gasteiger partial charge in [0.1, 0.15) is 17.7 Å². The van der Waals surface area contributed by atoms with Crippen molar-refractivity contribution in [2.24, 2.45) is 10.9 Å². The first-order valence-corrected chi connectivity index (χ1v) is 6.70. The highest BCUT2D eigenvalue weighted by molar-refractivity contribution is 5.85. The molecule has 7 nitrogen and oxygen atoms in total. The molecule has 1 fully saturated rings. The van der Waals surface area contributed by atoms with Gasteiger partial charge in [0, 0.05) is 24.2 Å². The minimum atomic E-state index is -0.411. The molecule has 20 heavy (non-hydrogen) atoms. The van der Waals surface area contributed by atoms with Gasteiger partial charge >= 0.3 is 0 Å². The molecule has 1 atom stereocenters. The normalized spacial score (nSPS) is 20.5. The molecule has 1 aromatic heterocycles. The van der Waals surface area contributed by atoms with Crippen LogP contribution in [0.2, 0.25) is 0 Å². The number of hydrogen-bond donors (Lipinski definition) is 2. The average Bonchev–Trinajstić information content (AvgIpc) is 2.45. The second-order valence-corrected chi connectivity index (χ2v) is 5.21. The minimum Gasteiger partial charge on any atom is -0.409 e. The van der Waals surface area contributed by atoms with Gasteiger partial charge in [-0.15, -0.1) is 0 Å². The van der Waals surface area contributed by atoms with Crippen LogP contribution in [-0.2, 0) is 4.74 Å². The zero-order valence-electron chi connectivity index (χ0n) is 12.1. The van der Waals surface area contributed by atoms with Crippen molar-refractivity contribution in [1.29, 1.82) is 0 Å². The molecule has 1 unspecified atom stereocenters. The Balaban J connectivity index is 2.22. The maximum Gasteiger partial charge on any atom is 0.170 e. The smallest absolute Gasteiger partial charge is 0.170 e. The van der Waals surface area contributed by atoms with Gasteiger partial charge in [-0.05, 0) is 6.92 Å². The number of aromatic nitrogens is 2. The largest absolute Gasteiger partial charge is 0.409 e. The minimum absolute atomic E-state index is 0.0876. The molecule has 0 radical (unpaired) electrons. The fraction of sp³-hybridized carbons (Fsp3) is 0.615. The molecule has 0 saturated carbocycles. The van der Waals surface area contributed by atoms with Gasteiger partial charge in [-0.3, -0.25) is 0 Å². The molecule has 0 amide bonds. The Labute approximate surface area is 118 Å². The van der Waals surface area contributed by atoms with E-state index in [1.165, 1.54) is 0 Å². The first-order valence-electron chi connectivity index (χ1n) is 6.70. The van der Waals surface area contributed by atoms with Gasteiger partial charge in [-0.2, -0.15) is 0 Å². The van der Waals surface area contributed by atoms with E-state index in [2.05, 4.69) is 33.9 Å². The monoisotopic (exact) mass is 279 g/mol. The molecule has 0 bridgehead atoms. The first kappa shape index (κ1) is 14.5. The molecule has 2 heterocycles. The number of oxime groups is 1. The number of amidine groups is 1. The van der Waals surface area contributed by atoms with E-state index in [4.69, 9.17) is 15.7 Å². The SMILES string of the molecule is Cc1cc(N2CCOC(C(N)=NO)C2)nc(C(C)C)n1. The van der Waals surface area contributed by atoms with Crippen LogP contribution in [-0.4, -0.2) is 46.8 Å². The standard InChI is InChI=1S/C13H21N5O2/c1-8(2)13-15-9(3)6-11(16-13)18-4-5-20-10(7-18)12(14)17-19/h6,8,10,19H,4-5,7H2,1-3H3,(H2,14,17). The summed E-state index contributed by atoms with van der Waals surface area (Å²) in [6.07, 6.45) is -0.411. The predicted octanol–water partition coefficient (Wildman–Crippen LogP) is 0.860. The Morgan fingerprint density at radius 3 is 2.95 bits per heavy atom. The van der Waals surface area contributed by atoms with Crippen LogP contribution in [0.1, 0.15) is 31.3 Å². The van der Waals surface area contributed by atoms with E-state index in [0.717, 1.165) is 23.9 Å². The Kier molecular flexibility index (Phi) is 4.39. The molecule has 0 aromatic carbocycles. The fourth-order valence-electron chi connectivity index (χ4n) is 2.10. The van der Waals surface area contributed by atoms with E-state index in [-0.39, 0.29) is 11.8 Å². The number of rotatable bonds is 3. The van der Waals surface area contributed by atoms with E-state index >= 15 is 0 Å². The van der Waals surface area contributed by atoms with Gasteiger partial charge in [0.2, 0.25) is 0 Å². The van der Waals surface area contributed by atoms with E-state index in [9.17, 15) is 0 Å². The summed E-state index contributed by atoms with van der Waals surface area (Å²) in [5.74, 6) is 2.05. The van der Waals surface area contributed by atoms with Crippen molar-refractivity contribution in [3.8, 4) is 0 Å². The zero-order chi connectivity index (χ0) is 14.7. The van der Waals surface area contributed by atoms with Gasteiger partial charge in [-0.25, -0.2) is 9.97 Å². The van der Waals surface area contributed by atoms with Crippen molar-refractivity contribution in [2.45, 2.75) is 32.8 Å². The zero-order valence-corrected chi connectivity index (χ0v) is 12.1. The topological polar surface area (TPSA) is 96.9 Å². The van der Waals surface area contributed by atoms with E-state index in [1.807, 2.05) is 13.0 Å². The van der Waals surface area contributed by atoms with Crippen LogP contribution in [0, 0.1) is 6.92 Å². The van der Waals surface area contributed by atoms with Crippen molar-refractivity contribution in [3.05, 3.63) is 17.6 Å². The van der Waals surface area contributed by atoms with Gasteiger partial charge < -0.3 is 20.6 Å². The van der Waals surface area contributed by atoms with E-state index in [1.54, 1.807) is 0 Å². The number of nitrogens with two attached hydrogens (primary N) is 1. The summed E-state index contributed by atoms with van der Waals surface area (Å²) < 4.78 is 5.49.